The van der Waals surface area contributed by atoms with E-state index in [9.17, 15) is 9.59 Å². The van der Waals surface area contributed by atoms with Gasteiger partial charge in [-0.25, -0.2) is 9.97 Å². The Morgan fingerprint density at radius 1 is 1.09 bits per heavy atom. The van der Waals surface area contributed by atoms with Gasteiger partial charge in [0.05, 0.1) is 22.6 Å². The van der Waals surface area contributed by atoms with Gasteiger partial charge in [0.2, 0.25) is 11.5 Å². The van der Waals surface area contributed by atoms with Crippen molar-refractivity contribution in [2.75, 3.05) is 26.2 Å². The summed E-state index contributed by atoms with van der Waals surface area (Å²) in [6, 6.07) is 15.8. The highest BCUT2D eigenvalue weighted by atomic mass is 32.1. The highest BCUT2D eigenvalue weighted by molar-refractivity contribution is 7.18. The number of amides is 1. The third-order valence-electron chi connectivity index (χ3n) is 6.54. The first-order chi connectivity index (χ1) is 16.6. The number of rotatable bonds is 4. The van der Waals surface area contributed by atoms with E-state index in [4.69, 9.17) is 9.40 Å². The van der Waals surface area contributed by atoms with Gasteiger partial charge in [-0.3, -0.25) is 19.1 Å². The Balaban J connectivity index is 1.14. The fraction of sp³-hybridized carbons (Fsp3) is 0.280. The maximum Gasteiger partial charge on any atom is 0.297 e. The van der Waals surface area contributed by atoms with Crippen molar-refractivity contribution in [3.63, 3.8) is 0 Å². The normalized spacial score (nSPS) is 16.0. The monoisotopic (exact) mass is 473 g/mol. The van der Waals surface area contributed by atoms with Crippen LogP contribution >= 0.6 is 11.3 Å². The van der Waals surface area contributed by atoms with Crippen molar-refractivity contribution in [1.29, 1.82) is 0 Å². The highest BCUT2D eigenvalue weighted by Gasteiger charge is 2.27. The van der Waals surface area contributed by atoms with Crippen molar-refractivity contribution < 1.29 is 9.21 Å². The Bertz CT molecular complexity index is 1550. The number of aromatic nitrogens is 3. The van der Waals surface area contributed by atoms with Gasteiger partial charge in [-0.05, 0) is 31.2 Å². The first-order valence-electron chi connectivity index (χ1n) is 11.3. The lowest BCUT2D eigenvalue weighted by molar-refractivity contribution is -0.134. The minimum atomic E-state index is -0.336. The summed E-state index contributed by atoms with van der Waals surface area (Å²) >= 11 is 1.72. The van der Waals surface area contributed by atoms with Gasteiger partial charge in [0.15, 0.2) is 0 Å². The summed E-state index contributed by atoms with van der Waals surface area (Å²) in [5.41, 5.74) is 2.03. The molecule has 0 radical (unpaired) electrons. The predicted molar refractivity (Wildman–Crippen MR) is 132 cm³/mol. The number of hydrogen-bond acceptors (Lipinski definition) is 7. The molecule has 0 spiro atoms. The number of carbonyl (C=O) groups is 1. The van der Waals surface area contributed by atoms with Crippen molar-refractivity contribution in [1.82, 2.24) is 24.3 Å². The topological polar surface area (TPSA) is 84.5 Å². The van der Waals surface area contributed by atoms with Crippen molar-refractivity contribution in [2.24, 2.45) is 0 Å². The highest BCUT2D eigenvalue weighted by Crippen LogP contribution is 2.30. The lowest BCUT2D eigenvalue weighted by atomic mass is 10.2. The molecule has 172 valence electrons. The molecule has 0 aliphatic carbocycles. The molecule has 34 heavy (non-hydrogen) atoms. The average molecular weight is 474 g/mol. The van der Waals surface area contributed by atoms with E-state index in [1.807, 2.05) is 41.3 Å². The van der Waals surface area contributed by atoms with Crippen LogP contribution in [-0.4, -0.2) is 56.4 Å². The summed E-state index contributed by atoms with van der Waals surface area (Å²) in [4.78, 5) is 39.3. The third kappa shape index (κ3) is 3.57. The van der Waals surface area contributed by atoms with Gasteiger partial charge in [-0.15, -0.1) is 11.3 Å². The second-order valence-corrected chi connectivity index (χ2v) is 9.63. The van der Waals surface area contributed by atoms with E-state index in [1.54, 1.807) is 17.4 Å². The maximum atomic E-state index is 13.0. The number of para-hydroxylation sites is 2. The summed E-state index contributed by atoms with van der Waals surface area (Å²) < 4.78 is 8.25. The maximum absolute atomic E-state index is 13.0. The molecule has 2 aromatic carbocycles. The van der Waals surface area contributed by atoms with Crippen LogP contribution in [0.4, 0.5) is 0 Å². The lowest BCUT2D eigenvalue weighted by Crippen LogP contribution is -2.50. The Morgan fingerprint density at radius 2 is 1.85 bits per heavy atom. The number of thiazole rings is 1. The van der Waals surface area contributed by atoms with E-state index >= 15 is 0 Å². The van der Waals surface area contributed by atoms with Crippen LogP contribution in [0.2, 0.25) is 0 Å². The van der Waals surface area contributed by atoms with Gasteiger partial charge in [-0.1, -0.05) is 24.3 Å². The van der Waals surface area contributed by atoms with Gasteiger partial charge >= 0.3 is 0 Å². The summed E-state index contributed by atoms with van der Waals surface area (Å²) in [5.74, 6) is -0.0911. The Hall–Kier alpha value is -3.56. The van der Waals surface area contributed by atoms with Crippen LogP contribution in [-0.2, 0) is 11.3 Å². The molecular weight excluding hydrogens is 450 g/mol. The average Bonchev–Trinajstić information content (AvgIpc) is 3.47. The van der Waals surface area contributed by atoms with Gasteiger partial charge in [0, 0.05) is 31.6 Å². The zero-order valence-corrected chi connectivity index (χ0v) is 19.5. The van der Waals surface area contributed by atoms with E-state index in [2.05, 4.69) is 22.9 Å². The van der Waals surface area contributed by atoms with Crippen LogP contribution in [0.15, 0.2) is 64.1 Å². The standard InChI is InChI=1S/C25H23N5O3S/c1-16(24-27-18-7-3-5-9-20(18)34-24)28-10-12-29(13-11-28)21(31)14-30-15-26-22-17-6-2-4-8-19(17)33-23(22)25(30)32/h2-9,15-16H,10-14H2,1H3/t16-/m1/s1. The Morgan fingerprint density at radius 3 is 2.68 bits per heavy atom. The minimum absolute atomic E-state index is 0.0494. The Labute approximate surface area is 199 Å². The smallest absolute Gasteiger partial charge is 0.297 e. The number of piperazine rings is 1. The number of carbonyl (C=O) groups excluding carboxylic acids is 1. The van der Waals surface area contributed by atoms with Crippen LogP contribution in [0.3, 0.4) is 0 Å². The molecule has 1 aliphatic rings. The fourth-order valence-electron chi connectivity index (χ4n) is 4.56. The minimum Gasteiger partial charge on any atom is -0.448 e. The predicted octanol–water partition coefficient (Wildman–Crippen LogP) is 3.66. The van der Waals surface area contributed by atoms with E-state index in [0.29, 0.717) is 24.2 Å². The largest absolute Gasteiger partial charge is 0.448 e. The van der Waals surface area contributed by atoms with Crippen LogP contribution in [0.1, 0.15) is 18.0 Å². The van der Waals surface area contributed by atoms with Crippen LogP contribution < -0.4 is 5.56 Å². The summed E-state index contributed by atoms with van der Waals surface area (Å²) in [6.45, 7) is 4.87. The molecule has 1 saturated heterocycles. The van der Waals surface area contributed by atoms with Crippen molar-refractivity contribution in [3.8, 4) is 0 Å². The fourth-order valence-corrected chi connectivity index (χ4v) is 5.61. The molecule has 9 heteroatoms. The second-order valence-electron chi connectivity index (χ2n) is 8.57. The van der Waals surface area contributed by atoms with Gasteiger partial charge in [-0.2, -0.15) is 0 Å². The molecule has 8 nitrogen and oxygen atoms in total. The number of furan rings is 1. The molecule has 1 aliphatic heterocycles. The Kier molecular flexibility index (Phi) is 5.15. The van der Waals surface area contributed by atoms with Crippen molar-refractivity contribution in [3.05, 3.63) is 70.2 Å². The molecule has 4 heterocycles. The van der Waals surface area contributed by atoms with E-state index in [0.717, 1.165) is 29.0 Å². The summed E-state index contributed by atoms with van der Waals surface area (Å²) in [5, 5.41) is 1.89. The first kappa shape index (κ1) is 21.0. The van der Waals surface area contributed by atoms with Gasteiger partial charge in [0.1, 0.15) is 22.7 Å². The first-order valence-corrected chi connectivity index (χ1v) is 12.1. The second kappa shape index (κ2) is 8.34. The van der Waals surface area contributed by atoms with E-state index in [-0.39, 0.29) is 29.6 Å². The summed E-state index contributed by atoms with van der Waals surface area (Å²) in [6.07, 6.45) is 1.44. The molecule has 5 aromatic rings. The molecule has 1 amide bonds. The molecule has 3 aromatic heterocycles. The molecule has 0 bridgehead atoms. The number of benzene rings is 2. The van der Waals surface area contributed by atoms with Gasteiger partial charge in [0.25, 0.3) is 5.56 Å². The van der Waals surface area contributed by atoms with Gasteiger partial charge < -0.3 is 9.32 Å². The van der Waals surface area contributed by atoms with E-state index in [1.165, 1.54) is 15.6 Å². The van der Waals surface area contributed by atoms with Crippen LogP contribution in [0.25, 0.3) is 32.3 Å². The molecule has 1 atom stereocenters. The van der Waals surface area contributed by atoms with Crippen molar-refractivity contribution in [2.45, 2.75) is 19.5 Å². The zero-order valence-electron chi connectivity index (χ0n) is 18.7. The number of fused-ring (bicyclic) bond motifs is 4. The molecular formula is C25H23N5O3S. The molecule has 1 fully saturated rings. The SMILES string of the molecule is C[C@H](c1nc2ccccc2s1)N1CCN(C(=O)Cn2cnc3c(oc4ccccc43)c2=O)CC1. The lowest BCUT2D eigenvalue weighted by Gasteiger charge is -2.37. The zero-order chi connectivity index (χ0) is 23.2. The van der Waals surface area contributed by atoms with E-state index < -0.39 is 0 Å². The third-order valence-corrected chi connectivity index (χ3v) is 7.75. The molecule has 0 saturated carbocycles. The number of hydrogen-bond donors (Lipinski definition) is 0. The van der Waals surface area contributed by atoms with Crippen molar-refractivity contribution >= 4 is 49.5 Å². The molecule has 0 N–H and O–H groups in total. The number of nitrogens with zero attached hydrogens (tertiary/aromatic N) is 5. The molecule has 0 unspecified atom stereocenters. The van der Waals surface area contributed by atoms with Crippen LogP contribution in [0, 0.1) is 0 Å². The van der Waals surface area contributed by atoms with Crippen LogP contribution in [0.5, 0.6) is 0 Å². The summed E-state index contributed by atoms with van der Waals surface area (Å²) in [7, 11) is 0. The molecule has 6 rings (SSSR count). The quantitative estimate of drug-likeness (QED) is 0.396.